The van der Waals surface area contributed by atoms with Crippen molar-refractivity contribution in [3.8, 4) is 0 Å². The highest BCUT2D eigenvalue weighted by molar-refractivity contribution is 5.77. The van der Waals surface area contributed by atoms with Crippen molar-refractivity contribution in [3.05, 3.63) is 24.0 Å². The van der Waals surface area contributed by atoms with Gasteiger partial charge in [-0.1, -0.05) is 6.92 Å². The van der Waals surface area contributed by atoms with Gasteiger partial charge in [0.15, 0.2) is 0 Å². The molecule has 4 heteroatoms. The van der Waals surface area contributed by atoms with Gasteiger partial charge in [0.25, 0.3) is 0 Å². The van der Waals surface area contributed by atoms with Crippen LogP contribution in [0.15, 0.2) is 18.5 Å². The van der Waals surface area contributed by atoms with Crippen LogP contribution in [-0.2, 0) is 23.1 Å². The van der Waals surface area contributed by atoms with Crippen LogP contribution < -0.4 is 5.32 Å². The third-order valence-electron chi connectivity index (χ3n) is 1.96. The molecule has 0 aromatic carbocycles. The minimum absolute atomic E-state index is 0.0627. The summed E-state index contributed by atoms with van der Waals surface area (Å²) < 4.78 is 7.07. The van der Waals surface area contributed by atoms with E-state index in [2.05, 4.69) is 5.32 Å². The highest BCUT2D eigenvalue weighted by Gasteiger charge is 2.01. The first-order chi connectivity index (χ1) is 7.22. The third kappa shape index (κ3) is 4.65. The van der Waals surface area contributed by atoms with Crippen molar-refractivity contribution >= 4 is 5.91 Å². The molecule has 0 bridgehead atoms. The Morgan fingerprint density at radius 2 is 2.40 bits per heavy atom. The maximum Gasteiger partial charge on any atom is 0.246 e. The average Bonchev–Trinajstić information content (AvgIpc) is 2.62. The van der Waals surface area contributed by atoms with Crippen LogP contribution >= 0.6 is 0 Å². The molecule has 0 aliphatic rings. The van der Waals surface area contributed by atoms with E-state index in [0.717, 1.165) is 12.0 Å². The smallest absolute Gasteiger partial charge is 0.246 e. The Labute approximate surface area is 90.2 Å². The summed E-state index contributed by atoms with van der Waals surface area (Å²) in [6, 6.07) is 1.98. The van der Waals surface area contributed by atoms with Gasteiger partial charge in [0.2, 0.25) is 5.91 Å². The van der Waals surface area contributed by atoms with Crippen molar-refractivity contribution in [3.63, 3.8) is 0 Å². The van der Waals surface area contributed by atoms with Gasteiger partial charge in [0.1, 0.15) is 6.61 Å². The summed E-state index contributed by atoms with van der Waals surface area (Å²) in [4.78, 5) is 11.3. The van der Waals surface area contributed by atoms with Crippen LogP contribution in [-0.4, -0.2) is 23.7 Å². The van der Waals surface area contributed by atoms with E-state index in [1.807, 2.05) is 37.0 Å². The molecule has 0 spiro atoms. The number of hydrogen-bond donors (Lipinski definition) is 1. The van der Waals surface area contributed by atoms with E-state index < -0.39 is 0 Å². The molecule has 1 amide bonds. The third-order valence-corrected chi connectivity index (χ3v) is 1.96. The zero-order valence-corrected chi connectivity index (χ0v) is 9.32. The maximum atomic E-state index is 11.3. The Kier molecular flexibility index (Phi) is 4.90. The number of carbonyl (C=O) groups excluding carboxylic acids is 1. The van der Waals surface area contributed by atoms with Gasteiger partial charge in [-0.15, -0.1) is 0 Å². The number of aryl methyl sites for hydroxylation is 1. The van der Waals surface area contributed by atoms with E-state index in [0.29, 0.717) is 13.2 Å². The fourth-order valence-corrected chi connectivity index (χ4v) is 1.23. The van der Waals surface area contributed by atoms with E-state index in [-0.39, 0.29) is 12.5 Å². The van der Waals surface area contributed by atoms with E-state index in [1.165, 1.54) is 0 Å². The lowest BCUT2D eigenvalue weighted by atomic mass is 10.3. The van der Waals surface area contributed by atoms with Crippen LogP contribution in [0.2, 0.25) is 0 Å². The SMILES string of the molecule is CCCOCC(=O)NCc1ccn(C)c1. The molecule has 84 valence electrons. The molecule has 0 saturated heterocycles. The summed E-state index contributed by atoms with van der Waals surface area (Å²) in [6.45, 7) is 3.37. The van der Waals surface area contributed by atoms with Crippen LogP contribution in [0.5, 0.6) is 0 Å². The van der Waals surface area contributed by atoms with Crippen molar-refractivity contribution in [1.29, 1.82) is 0 Å². The van der Waals surface area contributed by atoms with E-state index in [4.69, 9.17) is 4.74 Å². The summed E-state index contributed by atoms with van der Waals surface area (Å²) in [5.74, 6) is -0.0627. The Morgan fingerprint density at radius 1 is 1.60 bits per heavy atom. The first kappa shape index (κ1) is 11.8. The van der Waals surface area contributed by atoms with Crippen LogP contribution in [0, 0.1) is 0 Å². The molecule has 15 heavy (non-hydrogen) atoms. The fourth-order valence-electron chi connectivity index (χ4n) is 1.23. The summed E-state index contributed by atoms with van der Waals surface area (Å²) in [7, 11) is 1.95. The monoisotopic (exact) mass is 210 g/mol. The molecule has 4 nitrogen and oxygen atoms in total. The summed E-state index contributed by atoms with van der Waals surface area (Å²) in [5, 5.41) is 2.79. The number of hydrogen-bond acceptors (Lipinski definition) is 2. The maximum absolute atomic E-state index is 11.3. The Morgan fingerprint density at radius 3 is 3.00 bits per heavy atom. The molecule has 0 atom stereocenters. The second kappa shape index (κ2) is 6.24. The molecular weight excluding hydrogens is 192 g/mol. The number of nitrogens with zero attached hydrogens (tertiary/aromatic N) is 1. The standard InChI is InChI=1S/C11H18N2O2/c1-3-6-15-9-11(14)12-7-10-4-5-13(2)8-10/h4-5,8H,3,6-7,9H2,1-2H3,(H,12,14). The highest BCUT2D eigenvalue weighted by atomic mass is 16.5. The molecule has 0 aliphatic carbocycles. The Bertz CT molecular complexity index is 307. The topological polar surface area (TPSA) is 43.3 Å². The fraction of sp³-hybridized carbons (Fsp3) is 0.545. The summed E-state index contributed by atoms with van der Waals surface area (Å²) >= 11 is 0. The van der Waals surface area contributed by atoms with E-state index >= 15 is 0 Å². The molecule has 0 unspecified atom stereocenters. The largest absolute Gasteiger partial charge is 0.372 e. The first-order valence-corrected chi connectivity index (χ1v) is 5.17. The lowest BCUT2D eigenvalue weighted by Crippen LogP contribution is -2.27. The summed E-state index contributed by atoms with van der Waals surface area (Å²) in [6.07, 6.45) is 4.87. The molecule has 1 rings (SSSR count). The second-order valence-electron chi connectivity index (χ2n) is 3.51. The Balaban J connectivity index is 2.16. The van der Waals surface area contributed by atoms with Crippen LogP contribution in [0.25, 0.3) is 0 Å². The van der Waals surface area contributed by atoms with E-state index in [9.17, 15) is 4.79 Å². The van der Waals surface area contributed by atoms with Gasteiger partial charge >= 0.3 is 0 Å². The first-order valence-electron chi connectivity index (χ1n) is 5.17. The van der Waals surface area contributed by atoms with Gasteiger partial charge in [0.05, 0.1) is 0 Å². The average molecular weight is 210 g/mol. The minimum Gasteiger partial charge on any atom is -0.372 e. The second-order valence-corrected chi connectivity index (χ2v) is 3.51. The molecule has 1 aromatic heterocycles. The molecule has 0 radical (unpaired) electrons. The molecule has 0 saturated carbocycles. The van der Waals surface area contributed by atoms with Gasteiger partial charge in [-0.05, 0) is 18.1 Å². The zero-order chi connectivity index (χ0) is 11.1. The zero-order valence-electron chi connectivity index (χ0n) is 9.32. The van der Waals surface area contributed by atoms with Crippen molar-refractivity contribution in [1.82, 2.24) is 9.88 Å². The highest BCUT2D eigenvalue weighted by Crippen LogP contribution is 1.98. The number of amides is 1. The molecule has 0 aliphatic heterocycles. The van der Waals surface area contributed by atoms with Crippen molar-refractivity contribution in [2.45, 2.75) is 19.9 Å². The molecule has 1 aromatic rings. The molecular formula is C11H18N2O2. The Hall–Kier alpha value is -1.29. The number of rotatable bonds is 6. The van der Waals surface area contributed by atoms with Crippen LogP contribution in [0.4, 0.5) is 0 Å². The lowest BCUT2D eigenvalue weighted by molar-refractivity contribution is -0.125. The van der Waals surface area contributed by atoms with Crippen molar-refractivity contribution in [2.75, 3.05) is 13.2 Å². The van der Waals surface area contributed by atoms with Crippen molar-refractivity contribution < 1.29 is 9.53 Å². The van der Waals surface area contributed by atoms with E-state index in [1.54, 1.807) is 0 Å². The van der Waals surface area contributed by atoms with Crippen molar-refractivity contribution in [2.24, 2.45) is 7.05 Å². The number of carbonyl (C=O) groups is 1. The predicted octanol–water partition coefficient (Wildman–Crippen LogP) is 1.07. The lowest BCUT2D eigenvalue weighted by Gasteiger charge is -2.04. The van der Waals surface area contributed by atoms with Crippen LogP contribution in [0.1, 0.15) is 18.9 Å². The van der Waals surface area contributed by atoms with Gasteiger partial charge in [-0.25, -0.2) is 0 Å². The molecule has 1 heterocycles. The molecule has 0 fully saturated rings. The van der Waals surface area contributed by atoms with Gasteiger partial charge in [0, 0.05) is 32.6 Å². The number of nitrogens with one attached hydrogen (secondary N) is 1. The summed E-state index contributed by atoms with van der Waals surface area (Å²) in [5.41, 5.74) is 1.10. The van der Waals surface area contributed by atoms with Crippen LogP contribution in [0.3, 0.4) is 0 Å². The van der Waals surface area contributed by atoms with Gasteiger partial charge in [-0.2, -0.15) is 0 Å². The molecule has 1 N–H and O–H groups in total. The normalized spacial score (nSPS) is 10.3. The van der Waals surface area contributed by atoms with Gasteiger partial charge in [-0.3, -0.25) is 4.79 Å². The number of aromatic nitrogens is 1. The predicted molar refractivity (Wildman–Crippen MR) is 58.4 cm³/mol. The number of ether oxygens (including phenoxy) is 1. The quantitative estimate of drug-likeness (QED) is 0.714. The van der Waals surface area contributed by atoms with Gasteiger partial charge < -0.3 is 14.6 Å². The minimum atomic E-state index is -0.0627.